The molecule has 0 saturated carbocycles. The number of aliphatic hydroxyl groups is 1. The summed E-state index contributed by atoms with van der Waals surface area (Å²) in [6.45, 7) is 5.80. The molecule has 1 unspecified atom stereocenters. The first-order valence-electron chi connectivity index (χ1n) is 10.4. The number of pyridine rings is 1. The SMILES string of the molecule is Cc1ccc(N2C(=O)C(=O)/C(=C(\O)c3ccc(OC(C)C)cc3)C2c2ccncc2)cc1. The molecule has 1 saturated heterocycles. The van der Waals surface area contributed by atoms with Gasteiger partial charge < -0.3 is 9.84 Å². The maximum atomic E-state index is 13.1. The number of anilines is 1. The quantitative estimate of drug-likeness (QED) is 0.359. The predicted octanol–water partition coefficient (Wildman–Crippen LogP) is 4.80. The van der Waals surface area contributed by atoms with Crippen molar-refractivity contribution in [1.82, 2.24) is 4.98 Å². The van der Waals surface area contributed by atoms with Gasteiger partial charge in [-0.15, -0.1) is 0 Å². The summed E-state index contributed by atoms with van der Waals surface area (Å²) in [6, 6.07) is 16.9. The fourth-order valence-corrected chi connectivity index (χ4v) is 3.78. The van der Waals surface area contributed by atoms with Crippen molar-refractivity contribution in [3.05, 3.63) is 95.3 Å². The van der Waals surface area contributed by atoms with Gasteiger partial charge in [-0.2, -0.15) is 0 Å². The molecule has 162 valence electrons. The molecular formula is C26H24N2O4. The minimum absolute atomic E-state index is 0.0148. The highest BCUT2D eigenvalue weighted by Crippen LogP contribution is 2.42. The third-order valence-electron chi connectivity index (χ3n) is 5.28. The maximum absolute atomic E-state index is 13.1. The average molecular weight is 428 g/mol. The van der Waals surface area contributed by atoms with Gasteiger partial charge in [-0.1, -0.05) is 17.7 Å². The van der Waals surface area contributed by atoms with Crippen molar-refractivity contribution in [3.8, 4) is 5.75 Å². The molecule has 0 spiro atoms. The van der Waals surface area contributed by atoms with E-state index in [1.165, 1.54) is 4.90 Å². The number of aryl methyl sites for hydroxylation is 1. The molecule has 1 amide bonds. The summed E-state index contributed by atoms with van der Waals surface area (Å²) in [5, 5.41) is 11.1. The minimum Gasteiger partial charge on any atom is -0.507 e. The van der Waals surface area contributed by atoms with E-state index in [2.05, 4.69) is 4.98 Å². The Morgan fingerprint density at radius 3 is 2.19 bits per heavy atom. The standard InChI is InChI=1S/C26H24N2O4/c1-16(2)32-21-10-6-19(7-11-21)24(29)22-23(18-12-14-27-15-13-18)28(26(31)25(22)30)20-8-4-17(3)5-9-20/h4-16,23,29H,1-3H3/b24-22-. The smallest absolute Gasteiger partial charge is 0.300 e. The molecule has 2 heterocycles. The number of carbonyl (C=O) groups excluding carboxylic acids is 2. The van der Waals surface area contributed by atoms with Gasteiger partial charge in [0.1, 0.15) is 11.5 Å². The molecule has 1 N–H and O–H groups in total. The van der Waals surface area contributed by atoms with E-state index in [4.69, 9.17) is 4.74 Å². The normalized spacial score (nSPS) is 17.8. The number of rotatable bonds is 5. The summed E-state index contributed by atoms with van der Waals surface area (Å²) in [4.78, 5) is 31.7. The molecule has 1 aromatic heterocycles. The number of benzene rings is 2. The highest BCUT2D eigenvalue weighted by atomic mass is 16.5. The second-order valence-electron chi connectivity index (χ2n) is 7.98. The van der Waals surface area contributed by atoms with Crippen LogP contribution in [0.3, 0.4) is 0 Å². The summed E-state index contributed by atoms with van der Waals surface area (Å²) in [5.74, 6) is -0.984. The second-order valence-corrected chi connectivity index (χ2v) is 7.98. The van der Waals surface area contributed by atoms with Crippen LogP contribution in [0.4, 0.5) is 5.69 Å². The van der Waals surface area contributed by atoms with Gasteiger partial charge in [-0.25, -0.2) is 0 Å². The number of ether oxygens (including phenoxy) is 1. The van der Waals surface area contributed by atoms with E-state index < -0.39 is 17.7 Å². The molecule has 0 radical (unpaired) electrons. The molecule has 4 rings (SSSR count). The van der Waals surface area contributed by atoms with Gasteiger partial charge in [0.25, 0.3) is 11.7 Å². The number of nitrogens with zero attached hydrogens (tertiary/aromatic N) is 2. The third-order valence-corrected chi connectivity index (χ3v) is 5.28. The van der Waals surface area contributed by atoms with E-state index >= 15 is 0 Å². The fourth-order valence-electron chi connectivity index (χ4n) is 3.78. The highest BCUT2D eigenvalue weighted by Gasteiger charge is 2.46. The molecule has 6 heteroatoms. The number of amides is 1. The highest BCUT2D eigenvalue weighted by molar-refractivity contribution is 6.51. The Balaban J connectivity index is 1.84. The summed E-state index contributed by atoms with van der Waals surface area (Å²) in [7, 11) is 0. The van der Waals surface area contributed by atoms with E-state index in [1.54, 1.807) is 60.9 Å². The Kier molecular flexibility index (Phi) is 5.77. The number of hydrogen-bond acceptors (Lipinski definition) is 5. The van der Waals surface area contributed by atoms with Gasteiger partial charge >= 0.3 is 0 Å². The lowest BCUT2D eigenvalue weighted by molar-refractivity contribution is -0.132. The van der Waals surface area contributed by atoms with Crippen LogP contribution in [0.15, 0.2) is 78.6 Å². The molecule has 6 nitrogen and oxygen atoms in total. The number of aromatic nitrogens is 1. The summed E-state index contributed by atoms with van der Waals surface area (Å²) in [6.07, 6.45) is 3.21. The Hall–Kier alpha value is -3.93. The van der Waals surface area contributed by atoms with Crippen LogP contribution in [0, 0.1) is 6.92 Å². The molecule has 1 fully saturated rings. The van der Waals surface area contributed by atoms with Crippen molar-refractivity contribution in [2.75, 3.05) is 4.90 Å². The topological polar surface area (TPSA) is 79.7 Å². The largest absolute Gasteiger partial charge is 0.507 e. The van der Waals surface area contributed by atoms with Crippen LogP contribution in [-0.2, 0) is 9.59 Å². The fraction of sp³-hybridized carbons (Fsp3) is 0.192. The summed E-state index contributed by atoms with van der Waals surface area (Å²) in [5.41, 5.74) is 2.77. The van der Waals surface area contributed by atoms with Gasteiger partial charge in [-0.05, 0) is 74.9 Å². The van der Waals surface area contributed by atoms with Gasteiger partial charge in [0, 0.05) is 23.6 Å². The van der Waals surface area contributed by atoms with E-state index in [-0.39, 0.29) is 17.4 Å². The minimum atomic E-state index is -0.771. The lowest BCUT2D eigenvalue weighted by Gasteiger charge is -2.25. The van der Waals surface area contributed by atoms with Crippen molar-refractivity contribution in [1.29, 1.82) is 0 Å². The molecule has 0 aliphatic carbocycles. The molecule has 1 atom stereocenters. The summed E-state index contributed by atoms with van der Waals surface area (Å²) >= 11 is 0. The van der Waals surface area contributed by atoms with Crippen molar-refractivity contribution in [3.63, 3.8) is 0 Å². The van der Waals surface area contributed by atoms with Crippen molar-refractivity contribution in [2.24, 2.45) is 0 Å². The van der Waals surface area contributed by atoms with Gasteiger partial charge in [0.05, 0.1) is 17.7 Å². The predicted molar refractivity (Wildman–Crippen MR) is 122 cm³/mol. The van der Waals surface area contributed by atoms with Crippen LogP contribution < -0.4 is 9.64 Å². The zero-order valence-corrected chi connectivity index (χ0v) is 18.1. The second kappa shape index (κ2) is 8.67. The lowest BCUT2D eigenvalue weighted by Crippen LogP contribution is -2.29. The third kappa shape index (κ3) is 3.99. The van der Waals surface area contributed by atoms with Crippen LogP contribution in [0.2, 0.25) is 0 Å². The maximum Gasteiger partial charge on any atom is 0.300 e. The monoisotopic (exact) mass is 428 g/mol. The molecule has 1 aliphatic rings. The number of aliphatic hydroxyl groups excluding tert-OH is 1. The van der Waals surface area contributed by atoms with Crippen molar-refractivity contribution < 1.29 is 19.4 Å². The molecule has 3 aromatic rings. The number of Topliss-reactive ketones (excluding diaryl/α,β-unsaturated/α-hetero) is 1. The van der Waals surface area contributed by atoms with Crippen molar-refractivity contribution >= 4 is 23.1 Å². The van der Waals surface area contributed by atoms with Crippen molar-refractivity contribution in [2.45, 2.75) is 32.9 Å². The van der Waals surface area contributed by atoms with Gasteiger partial charge in [-0.3, -0.25) is 19.5 Å². The van der Waals surface area contributed by atoms with Crippen LogP contribution in [0.1, 0.15) is 36.6 Å². The number of carbonyl (C=O) groups is 2. The lowest BCUT2D eigenvalue weighted by atomic mass is 9.95. The molecule has 0 bridgehead atoms. The Labute approximate surface area is 186 Å². The van der Waals surface area contributed by atoms with Crippen LogP contribution in [0.25, 0.3) is 5.76 Å². The zero-order chi connectivity index (χ0) is 22.8. The number of ketones is 1. The van der Waals surface area contributed by atoms with E-state index in [1.807, 2.05) is 32.9 Å². The zero-order valence-electron chi connectivity index (χ0n) is 18.1. The first kappa shape index (κ1) is 21.3. The first-order chi connectivity index (χ1) is 15.4. The molecule has 1 aliphatic heterocycles. The molecule has 32 heavy (non-hydrogen) atoms. The van der Waals surface area contributed by atoms with Gasteiger partial charge in [0.2, 0.25) is 0 Å². The molecule has 2 aromatic carbocycles. The number of hydrogen-bond donors (Lipinski definition) is 1. The van der Waals surface area contributed by atoms with Crippen LogP contribution in [0.5, 0.6) is 5.75 Å². The Bertz CT molecular complexity index is 1170. The van der Waals surface area contributed by atoms with Crippen LogP contribution >= 0.6 is 0 Å². The average Bonchev–Trinajstić information content (AvgIpc) is 3.05. The van der Waals surface area contributed by atoms with Crippen LogP contribution in [-0.4, -0.2) is 27.9 Å². The summed E-state index contributed by atoms with van der Waals surface area (Å²) < 4.78 is 5.65. The van der Waals surface area contributed by atoms with E-state index in [0.29, 0.717) is 22.6 Å². The van der Waals surface area contributed by atoms with E-state index in [9.17, 15) is 14.7 Å². The Morgan fingerprint density at radius 2 is 1.59 bits per heavy atom. The first-order valence-corrected chi connectivity index (χ1v) is 10.4. The Morgan fingerprint density at radius 1 is 0.969 bits per heavy atom. The van der Waals surface area contributed by atoms with E-state index in [0.717, 1.165) is 5.56 Å². The van der Waals surface area contributed by atoms with Gasteiger partial charge in [0.15, 0.2) is 0 Å². The molecular weight excluding hydrogens is 404 g/mol.